The van der Waals surface area contributed by atoms with Crippen LogP contribution in [0, 0.1) is 6.92 Å². The largest absolute Gasteiger partial charge is 0.289 e. The number of aromatic nitrogens is 3. The van der Waals surface area contributed by atoms with E-state index < -0.39 is 0 Å². The minimum atomic E-state index is -0.228. The molecule has 0 aliphatic rings. The van der Waals surface area contributed by atoms with Crippen molar-refractivity contribution in [2.45, 2.75) is 13.5 Å². The van der Waals surface area contributed by atoms with Gasteiger partial charge in [0.05, 0.1) is 6.54 Å². The first-order valence-corrected chi connectivity index (χ1v) is 7.50. The Bertz CT molecular complexity index is 844. The van der Waals surface area contributed by atoms with Gasteiger partial charge >= 0.3 is 0 Å². The van der Waals surface area contributed by atoms with E-state index in [1.54, 1.807) is 17.1 Å². The topological polar surface area (TPSA) is 59.8 Å². The van der Waals surface area contributed by atoms with Crippen LogP contribution in [0.3, 0.4) is 0 Å². The third kappa shape index (κ3) is 3.96. The molecule has 0 radical (unpaired) electrons. The summed E-state index contributed by atoms with van der Waals surface area (Å²) in [5.74, 6) is 0.0488. The molecule has 0 aliphatic heterocycles. The fourth-order valence-electron chi connectivity index (χ4n) is 2.21. The average molecular weight is 327 g/mol. The number of halogens is 1. The van der Waals surface area contributed by atoms with E-state index >= 15 is 0 Å². The van der Waals surface area contributed by atoms with Crippen LogP contribution in [0.25, 0.3) is 0 Å². The second kappa shape index (κ2) is 6.62. The van der Waals surface area contributed by atoms with Gasteiger partial charge in [0.25, 0.3) is 5.91 Å². The Morgan fingerprint density at radius 2 is 2.04 bits per heavy atom. The summed E-state index contributed by atoms with van der Waals surface area (Å²) < 4.78 is 1.65. The predicted octanol–water partition coefficient (Wildman–Crippen LogP) is 3.54. The molecule has 0 saturated carbocycles. The Hall–Kier alpha value is -2.66. The first-order chi connectivity index (χ1) is 11.1. The lowest BCUT2D eigenvalue weighted by molar-refractivity contribution is 0.102. The van der Waals surface area contributed by atoms with Crippen LogP contribution < -0.4 is 5.32 Å². The lowest BCUT2D eigenvalue weighted by Crippen LogP contribution is -2.13. The van der Waals surface area contributed by atoms with Crippen LogP contribution >= 0.6 is 11.6 Å². The van der Waals surface area contributed by atoms with Crippen LogP contribution in [0.2, 0.25) is 5.02 Å². The number of aryl methyl sites for hydroxylation is 1. The highest BCUT2D eigenvalue weighted by Crippen LogP contribution is 2.12. The maximum Gasteiger partial charge on any atom is 0.258 e. The zero-order valence-corrected chi connectivity index (χ0v) is 13.3. The molecule has 23 heavy (non-hydrogen) atoms. The van der Waals surface area contributed by atoms with Gasteiger partial charge in [-0.15, -0.1) is 5.10 Å². The van der Waals surface area contributed by atoms with Crippen molar-refractivity contribution in [1.82, 2.24) is 14.8 Å². The molecular weight excluding hydrogens is 312 g/mol. The monoisotopic (exact) mass is 326 g/mol. The van der Waals surface area contributed by atoms with Crippen LogP contribution in [-0.2, 0) is 6.54 Å². The van der Waals surface area contributed by atoms with Gasteiger partial charge < -0.3 is 0 Å². The lowest BCUT2D eigenvalue weighted by atomic mass is 10.1. The van der Waals surface area contributed by atoms with Crippen molar-refractivity contribution in [3.05, 3.63) is 76.6 Å². The predicted molar refractivity (Wildman–Crippen MR) is 89.7 cm³/mol. The maximum atomic E-state index is 12.2. The smallest absolute Gasteiger partial charge is 0.258 e. The summed E-state index contributed by atoms with van der Waals surface area (Å²) in [6.07, 6.45) is 1.58. The molecule has 0 spiro atoms. The molecule has 1 heterocycles. The van der Waals surface area contributed by atoms with E-state index in [0.717, 1.165) is 11.1 Å². The Balaban J connectivity index is 1.68. The van der Waals surface area contributed by atoms with Crippen LogP contribution in [0.1, 0.15) is 21.5 Å². The summed E-state index contributed by atoms with van der Waals surface area (Å²) in [5, 5.41) is 7.63. The Labute approximate surface area is 138 Å². The average Bonchev–Trinajstić information content (AvgIpc) is 2.94. The number of nitrogens with zero attached hydrogens (tertiary/aromatic N) is 3. The third-order valence-corrected chi connectivity index (χ3v) is 3.51. The number of nitrogens with one attached hydrogen (secondary N) is 1. The zero-order chi connectivity index (χ0) is 16.2. The molecule has 0 unspecified atom stereocenters. The number of anilines is 1. The third-order valence-electron chi connectivity index (χ3n) is 3.28. The van der Waals surface area contributed by atoms with E-state index in [0.29, 0.717) is 17.1 Å². The van der Waals surface area contributed by atoms with Crippen molar-refractivity contribution < 1.29 is 4.79 Å². The van der Waals surface area contributed by atoms with Crippen LogP contribution in [0.5, 0.6) is 0 Å². The normalized spacial score (nSPS) is 10.5. The lowest BCUT2D eigenvalue weighted by Gasteiger charge is -2.03. The highest BCUT2D eigenvalue weighted by molar-refractivity contribution is 6.30. The molecule has 1 amide bonds. The molecule has 6 heteroatoms. The van der Waals surface area contributed by atoms with E-state index in [1.807, 2.05) is 49.4 Å². The van der Waals surface area contributed by atoms with Crippen LogP contribution in [-0.4, -0.2) is 20.7 Å². The Morgan fingerprint density at radius 1 is 1.22 bits per heavy atom. The fraction of sp³-hybridized carbons (Fsp3) is 0.118. The first-order valence-electron chi connectivity index (χ1n) is 7.12. The maximum absolute atomic E-state index is 12.2. The van der Waals surface area contributed by atoms with E-state index in [1.165, 1.54) is 0 Å². The van der Waals surface area contributed by atoms with E-state index in [-0.39, 0.29) is 11.9 Å². The number of amides is 1. The summed E-state index contributed by atoms with van der Waals surface area (Å²) >= 11 is 5.96. The molecule has 116 valence electrons. The van der Waals surface area contributed by atoms with E-state index in [9.17, 15) is 4.79 Å². The molecule has 0 saturated heterocycles. The number of carbonyl (C=O) groups is 1. The molecule has 0 bridgehead atoms. The molecule has 3 rings (SSSR count). The van der Waals surface area contributed by atoms with Crippen molar-refractivity contribution in [3.63, 3.8) is 0 Å². The van der Waals surface area contributed by atoms with Crippen LogP contribution in [0.15, 0.2) is 54.9 Å². The molecule has 3 aromatic rings. The molecule has 1 N–H and O–H groups in total. The number of hydrogen-bond acceptors (Lipinski definition) is 3. The van der Waals surface area contributed by atoms with Gasteiger partial charge in [-0.05, 0) is 36.8 Å². The quantitative estimate of drug-likeness (QED) is 0.797. The van der Waals surface area contributed by atoms with Gasteiger partial charge in [0.2, 0.25) is 5.95 Å². The molecule has 5 nitrogen and oxygen atoms in total. The van der Waals surface area contributed by atoms with Crippen molar-refractivity contribution in [2.75, 3.05) is 5.32 Å². The van der Waals surface area contributed by atoms with Crippen LogP contribution in [0.4, 0.5) is 5.95 Å². The van der Waals surface area contributed by atoms with Gasteiger partial charge in [0, 0.05) is 10.6 Å². The molecule has 1 aromatic heterocycles. The molecule has 0 aliphatic carbocycles. The summed E-state index contributed by atoms with van der Waals surface area (Å²) in [6.45, 7) is 2.47. The van der Waals surface area contributed by atoms with Gasteiger partial charge in [-0.1, -0.05) is 41.4 Å². The number of hydrogen-bond donors (Lipinski definition) is 1. The van der Waals surface area contributed by atoms with Gasteiger partial charge in [0.15, 0.2) is 0 Å². The van der Waals surface area contributed by atoms with Crippen molar-refractivity contribution in [1.29, 1.82) is 0 Å². The van der Waals surface area contributed by atoms with Gasteiger partial charge in [-0.2, -0.15) is 0 Å². The van der Waals surface area contributed by atoms with Gasteiger partial charge in [-0.3, -0.25) is 10.1 Å². The van der Waals surface area contributed by atoms with Gasteiger partial charge in [-0.25, -0.2) is 9.67 Å². The van der Waals surface area contributed by atoms with Crippen molar-refractivity contribution in [2.24, 2.45) is 0 Å². The van der Waals surface area contributed by atoms with E-state index in [4.69, 9.17) is 11.6 Å². The highest BCUT2D eigenvalue weighted by Gasteiger charge is 2.09. The van der Waals surface area contributed by atoms with Crippen molar-refractivity contribution in [3.8, 4) is 0 Å². The summed E-state index contributed by atoms with van der Waals surface area (Å²) in [7, 11) is 0. The summed E-state index contributed by atoms with van der Waals surface area (Å²) in [6, 6.07) is 14.9. The molecule has 0 atom stereocenters. The number of benzene rings is 2. The fourth-order valence-corrected chi connectivity index (χ4v) is 2.42. The Kier molecular flexibility index (Phi) is 4.39. The summed E-state index contributed by atoms with van der Waals surface area (Å²) in [5.41, 5.74) is 2.62. The Morgan fingerprint density at radius 3 is 2.83 bits per heavy atom. The SMILES string of the molecule is Cc1cccc(C(=O)Nc2ncn(Cc3cccc(Cl)c3)n2)c1. The number of rotatable bonds is 4. The number of carbonyl (C=O) groups excluding carboxylic acids is 1. The molecular formula is C17H15ClN4O. The molecule has 2 aromatic carbocycles. The minimum Gasteiger partial charge on any atom is -0.289 e. The van der Waals surface area contributed by atoms with Gasteiger partial charge in [0.1, 0.15) is 6.33 Å². The highest BCUT2D eigenvalue weighted by atomic mass is 35.5. The first kappa shape index (κ1) is 15.2. The van der Waals surface area contributed by atoms with Crippen molar-refractivity contribution >= 4 is 23.5 Å². The van der Waals surface area contributed by atoms with E-state index in [2.05, 4.69) is 15.4 Å². The second-order valence-corrected chi connectivity index (χ2v) is 5.66. The zero-order valence-electron chi connectivity index (χ0n) is 12.5. The summed E-state index contributed by atoms with van der Waals surface area (Å²) in [4.78, 5) is 16.3. The standard InChI is InChI=1S/C17H15ClN4O/c1-12-4-2-6-14(8-12)16(23)20-17-19-11-22(21-17)10-13-5-3-7-15(18)9-13/h2-9,11H,10H2,1H3,(H,20,21,23). The second-order valence-electron chi connectivity index (χ2n) is 5.22. The minimum absolute atomic E-state index is 0.228. The molecule has 0 fully saturated rings.